The van der Waals surface area contributed by atoms with Gasteiger partial charge in [-0.15, -0.1) is 12.4 Å². The summed E-state index contributed by atoms with van der Waals surface area (Å²) in [5.41, 5.74) is 6.49. The number of amides is 1. The average Bonchev–Trinajstić information content (AvgIpc) is 2.27. The number of rotatable bonds is 4. The van der Waals surface area contributed by atoms with Gasteiger partial charge in [-0.25, -0.2) is 0 Å². The van der Waals surface area contributed by atoms with Crippen LogP contribution in [0.5, 0.6) is 0 Å². The summed E-state index contributed by atoms with van der Waals surface area (Å²) in [6, 6.07) is 8.97. The first kappa shape index (κ1) is 17.9. The standard InChI is InChI=1S/C14H22N2O2.ClH/c1-14(2,3)16-13(18)12(17)11(15)9-10-7-5-4-6-8-10;/h4-8,11-12,17H,9,15H2,1-3H3,(H,16,18);1H. The van der Waals surface area contributed by atoms with E-state index in [1.807, 2.05) is 51.1 Å². The molecule has 0 aliphatic heterocycles. The largest absolute Gasteiger partial charge is 0.382 e. The van der Waals surface area contributed by atoms with Gasteiger partial charge in [-0.3, -0.25) is 4.79 Å². The van der Waals surface area contributed by atoms with Crippen molar-refractivity contribution in [2.75, 3.05) is 0 Å². The highest BCUT2D eigenvalue weighted by Crippen LogP contribution is 2.06. The summed E-state index contributed by atoms with van der Waals surface area (Å²) in [5, 5.41) is 12.6. The van der Waals surface area contributed by atoms with E-state index in [2.05, 4.69) is 5.32 Å². The maximum absolute atomic E-state index is 11.7. The topological polar surface area (TPSA) is 75.3 Å². The molecule has 0 radical (unpaired) electrons. The van der Waals surface area contributed by atoms with Crippen LogP contribution in [0.25, 0.3) is 0 Å². The van der Waals surface area contributed by atoms with E-state index in [4.69, 9.17) is 5.73 Å². The first-order valence-corrected chi connectivity index (χ1v) is 6.09. The molecular formula is C14H23ClN2O2. The van der Waals surface area contributed by atoms with Crippen molar-refractivity contribution >= 4 is 18.3 Å². The van der Waals surface area contributed by atoms with Gasteiger partial charge in [0.25, 0.3) is 5.91 Å². The van der Waals surface area contributed by atoms with Gasteiger partial charge in [0.15, 0.2) is 0 Å². The van der Waals surface area contributed by atoms with E-state index in [0.29, 0.717) is 6.42 Å². The van der Waals surface area contributed by atoms with Crippen molar-refractivity contribution in [3.8, 4) is 0 Å². The van der Waals surface area contributed by atoms with Crippen molar-refractivity contribution in [3.05, 3.63) is 35.9 Å². The molecule has 4 nitrogen and oxygen atoms in total. The molecule has 0 saturated heterocycles. The summed E-state index contributed by atoms with van der Waals surface area (Å²) in [7, 11) is 0. The van der Waals surface area contributed by atoms with Crippen LogP contribution < -0.4 is 11.1 Å². The Hall–Kier alpha value is -1.10. The number of carbonyl (C=O) groups excluding carboxylic acids is 1. The van der Waals surface area contributed by atoms with Gasteiger partial charge < -0.3 is 16.2 Å². The summed E-state index contributed by atoms with van der Waals surface area (Å²) >= 11 is 0. The smallest absolute Gasteiger partial charge is 0.250 e. The maximum Gasteiger partial charge on any atom is 0.250 e. The van der Waals surface area contributed by atoms with E-state index in [1.54, 1.807) is 0 Å². The van der Waals surface area contributed by atoms with Gasteiger partial charge >= 0.3 is 0 Å². The molecule has 108 valence electrons. The minimum Gasteiger partial charge on any atom is -0.382 e. The van der Waals surface area contributed by atoms with E-state index in [-0.39, 0.29) is 17.9 Å². The fraction of sp³-hybridized carbons (Fsp3) is 0.500. The summed E-state index contributed by atoms with van der Waals surface area (Å²) < 4.78 is 0. The number of benzene rings is 1. The molecule has 0 heterocycles. The number of hydrogen-bond acceptors (Lipinski definition) is 3. The third-order valence-electron chi connectivity index (χ3n) is 2.49. The van der Waals surface area contributed by atoms with E-state index >= 15 is 0 Å². The monoisotopic (exact) mass is 286 g/mol. The maximum atomic E-state index is 11.7. The fourth-order valence-electron chi connectivity index (χ4n) is 1.64. The van der Waals surface area contributed by atoms with Crippen LogP contribution in [0.2, 0.25) is 0 Å². The van der Waals surface area contributed by atoms with Crippen molar-refractivity contribution < 1.29 is 9.90 Å². The Morgan fingerprint density at radius 3 is 2.32 bits per heavy atom. The van der Waals surface area contributed by atoms with E-state index in [1.165, 1.54) is 0 Å². The molecule has 1 amide bonds. The minimum atomic E-state index is -1.19. The number of aliphatic hydroxyl groups excluding tert-OH is 1. The van der Waals surface area contributed by atoms with Gasteiger partial charge in [-0.05, 0) is 32.8 Å². The first-order chi connectivity index (χ1) is 8.29. The molecule has 0 bridgehead atoms. The number of nitrogens with two attached hydrogens (primary N) is 1. The van der Waals surface area contributed by atoms with E-state index in [9.17, 15) is 9.90 Å². The van der Waals surface area contributed by atoms with Gasteiger partial charge in [0.2, 0.25) is 0 Å². The third kappa shape index (κ3) is 6.57. The van der Waals surface area contributed by atoms with Crippen LogP contribution in [0.4, 0.5) is 0 Å². The molecule has 4 N–H and O–H groups in total. The fourth-order valence-corrected chi connectivity index (χ4v) is 1.64. The van der Waals surface area contributed by atoms with Crippen LogP contribution in [-0.4, -0.2) is 28.7 Å². The zero-order valence-electron chi connectivity index (χ0n) is 11.6. The molecule has 0 fully saturated rings. The molecule has 2 unspecified atom stereocenters. The number of aliphatic hydroxyl groups is 1. The molecule has 0 aromatic heterocycles. The van der Waals surface area contributed by atoms with Crippen LogP contribution in [-0.2, 0) is 11.2 Å². The molecule has 0 aliphatic carbocycles. The Balaban J connectivity index is 0.00000324. The zero-order valence-corrected chi connectivity index (χ0v) is 12.4. The van der Waals surface area contributed by atoms with Gasteiger partial charge in [-0.1, -0.05) is 30.3 Å². The number of halogens is 1. The number of carbonyl (C=O) groups is 1. The lowest BCUT2D eigenvalue weighted by atomic mass is 10.0. The predicted octanol–water partition coefficient (Wildman–Crippen LogP) is 1.25. The van der Waals surface area contributed by atoms with Crippen LogP contribution >= 0.6 is 12.4 Å². The third-order valence-corrected chi connectivity index (χ3v) is 2.49. The normalized spacial score (nSPS) is 14.2. The molecule has 5 heteroatoms. The van der Waals surface area contributed by atoms with Gasteiger partial charge in [0.05, 0.1) is 0 Å². The second kappa shape index (κ2) is 7.48. The van der Waals surface area contributed by atoms with Gasteiger partial charge in [0.1, 0.15) is 6.10 Å². The lowest BCUT2D eigenvalue weighted by Crippen LogP contribution is -2.52. The summed E-state index contributed by atoms with van der Waals surface area (Å²) in [5.74, 6) is -0.425. The Kier molecular flexibility index (Phi) is 7.05. The summed E-state index contributed by atoms with van der Waals surface area (Å²) in [6.07, 6.45) is -0.719. The molecule has 1 aromatic carbocycles. The van der Waals surface area contributed by atoms with Crippen LogP contribution in [0, 0.1) is 0 Å². The molecule has 0 spiro atoms. The Bertz CT molecular complexity index is 390. The highest BCUT2D eigenvalue weighted by molar-refractivity contribution is 5.85. The second-order valence-corrected chi connectivity index (χ2v) is 5.54. The Morgan fingerprint density at radius 1 is 1.32 bits per heavy atom. The molecule has 19 heavy (non-hydrogen) atoms. The summed E-state index contributed by atoms with van der Waals surface area (Å²) in [6.45, 7) is 5.58. The highest BCUT2D eigenvalue weighted by atomic mass is 35.5. The average molecular weight is 287 g/mol. The molecule has 0 aliphatic rings. The van der Waals surface area contributed by atoms with Crippen molar-refractivity contribution in [1.82, 2.24) is 5.32 Å². The van der Waals surface area contributed by atoms with Crippen molar-refractivity contribution in [2.24, 2.45) is 5.73 Å². The lowest BCUT2D eigenvalue weighted by Gasteiger charge is -2.25. The zero-order chi connectivity index (χ0) is 13.8. The predicted molar refractivity (Wildman–Crippen MR) is 79.3 cm³/mol. The van der Waals surface area contributed by atoms with Crippen molar-refractivity contribution in [1.29, 1.82) is 0 Å². The SMILES string of the molecule is CC(C)(C)NC(=O)C(O)C(N)Cc1ccccc1.Cl. The number of hydrogen-bond donors (Lipinski definition) is 3. The van der Waals surface area contributed by atoms with E-state index in [0.717, 1.165) is 5.56 Å². The van der Waals surface area contributed by atoms with Crippen LogP contribution in [0.15, 0.2) is 30.3 Å². The van der Waals surface area contributed by atoms with Crippen LogP contribution in [0.3, 0.4) is 0 Å². The summed E-state index contributed by atoms with van der Waals surface area (Å²) in [4.78, 5) is 11.7. The second-order valence-electron chi connectivity index (χ2n) is 5.54. The Labute approximate surface area is 120 Å². The lowest BCUT2D eigenvalue weighted by molar-refractivity contribution is -0.131. The molecule has 2 atom stereocenters. The molecule has 0 saturated carbocycles. The van der Waals surface area contributed by atoms with Gasteiger partial charge in [-0.2, -0.15) is 0 Å². The molecular weight excluding hydrogens is 264 g/mol. The van der Waals surface area contributed by atoms with E-state index < -0.39 is 18.1 Å². The first-order valence-electron chi connectivity index (χ1n) is 6.09. The van der Waals surface area contributed by atoms with Crippen molar-refractivity contribution in [2.45, 2.75) is 44.9 Å². The quantitative estimate of drug-likeness (QED) is 0.780. The highest BCUT2D eigenvalue weighted by Gasteiger charge is 2.26. The van der Waals surface area contributed by atoms with Crippen LogP contribution in [0.1, 0.15) is 26.3 Å². The van der Waals surface area contributed by atoms with Gasteiger partial charge in [0, 0.05) is 11.6 Å². The minimum absolute atomic E-state index is 0. The molecule has 1 aromatic rings. The molecule has 1 rings (SSSR count). The number of nitrogens with one attached hydrogen (secondary N) is 1. The van der Waals surface area contributed by atoms with Crippen molar-refractivity contribution in [3.63, 3.8) is 0 Å². The Morgan fingerprint density at radius 2 is 1.84 bits per heavy atom.